The van der Waals surface area contributed by atoms with Crippen LogP contribution in [0, 0.1) is 22.0 Å². The van der Waals surface area contributed by atoms with Crippen molar-refractivity contribution in [2.45, 2.75) is 91.0 Å². The first-order chi connectivity index (χ1) is 17.4. The van der Waals surface area contributed by atoms with Crippen molar-refractivity contribution >= 4 is 23.4 Å². The number of benzene rings is 1. The number of hydrogen-bond donors (Lipinski definition) is 2. The predicted molar refractivity (Wildman–Crippen MR) is 141 cm³/mol. The number of hydrogen-bond acceptors (Lipinski definition) is 8. The predicted octanol–water partition coefficient (Wildman–Crippen LogP) is 4.86. The zero-order valence-electron chi connectivity index (χ0n) is 22.7. The van der Waals surface area contributed by atoms with Crippen LogP contribution < -0.4 is 10.6 Å². The molecule has 1 amide bonds. The second kappa shape index (κ2) is 12.6. The van der Waals surface area contributed by atoms with Gasteiger partial charge in [-0.25, -0.2) is 4.79 Å². The molecule has 1 aromatic rings. The minimum absolute atomic E-state index is 0.00212. The fourth-order valence-electron chi connectivity index (χ4n) is 4.64. The fraction of sp³-hybridized carbons (Fsp3) is 0.704. The first kappa shape index (κ1) is 28.7. The molecule has 10 nitrogen and oxygen atoms in total. The Morgan fingerprint density at radius 1 is 1.19 bits per heavy atom. The van der Waals surface area contributed by atoms with Gasteiger partial charge in [0, 0.05) is 38.2 Å². The first-order valence-corrected chi connectivity index (χ1v) is 13.3. The molecule has 0 aromatic heterocycles. The Morgan fingerprint density at radius 2 is 1.86 bits per heavy atom. The van der Waals surface area contributed by atoms with Crippen molar-refractivity contribution in [3.63, 3.8) is 0 Å². The quantitative estimate of drug-likeness (QED) is 0.242. The van der Waals surface area contributed by atoms with Crippen molar-refractivity contribution in [1.82, 2.24) is 10.2 Å². The van der Waals surface area contributed by atoms with Crippen LogP contribution in [0.3, 0.4) is 0 Å². The highest BCUT2D eigenvalue weighted by Crippen LogP contribution is 2.28. The summed E-state index contributed by atoms with van der Waals surface area (Å²) in [7, 11) is 0. The summed E-state index contributed by atoms with van der Waals surface area (Å²) in [5.41, 5.74) is 0.600. The van der Waals surface area contributed by atoms with Gasteiger partial charge in [0.05, 0.1) is 4.92 Å². The molecule has 0 bridgehead atoms. The smallest absolute Gasteiger partial charge is 0.410 e. The Morgan fingerprint density at radius 3 is 2.46 bits per heavy atom. The molecule has 0 spiro atoms. The van der Waals surface area contributed by atoms with Crippen LogP contribution in [-0.4, -0.2) is 59.3 Å². The molecule has 0 radical (unpaired) electrons. The van der Waals surface area contributed by atoms with E-state index in [0.717, 1.165) is 31.2 Å². The second-order valence-electron chi connectivity index (χ2n) is 11.6. The van der Waals surface area contributed by atoms with Crippen LogP contribution in [0.2, 0.25) is 0 Å². The zero-order valence-corrected chi connectivity index (χ0v) is 22.7. The minimum atomic E-state index is -0.539. The van der Waals surface area contributed by atoms with Gasteiger partial charge in [-0.05, 0) is 70.4 Å². The van der Waals surface area contributed by atoms with Crippen LogP contribution in [0.1, 0.15) is 72.3 Å². The van der Waals surface area contributed by atoms with Gasteiger partial charge in [-0.2, -0.15) is 0 Å². The number of esters is 1. The Bertz CT molecular complexity index is 949. The van der Waals surface area contributed by atoms with E-state index >= 15 is 0 Å². The molecule has 1 atom stereocenters. The maximum absolute atomic E-state index is 12.8. The van der Waals surface area contributed by atoms with Gasteiger partial charge < -0.3 is 25.0 Å². The van der Waals surface area contributed by atoms with Crippen molar-refractivity contribution in [3.8, 4) is 0 Å². The fourth-order valence-corrected chi connectivity index (χ4v) is 4.64. The highest BCUT2D eigenvalue weighted by Gasteiger charge is 2.34. The zero-order chi connectivity index (χ0) is 27.2. The van der Waals surface area contributed by atoms with Gasteiger partial charge in [-0.15, -0.1) is 0 Å². The van der Waals surface area contributed by atoms with E-state index in [2.05, 4.69) is 24.5 Å². The molecule has 1 aliphatic heterocycles. The van der Waals surface area contributed by atoms with Crippen LogP contribution in [-0.2, 0) is 20.8 Å². The summed E-state index contributed by atoms with van der Waals surface area (Å²) in [5, 5.41) is 18.2. The molecule has 1 unspecified atom stereocenters. The van der Waals surface area contributed by atoms with Crippen LogP contribution in [0.4, 0.5) is 16.2 Å². The summed E-state index contributed by atoms with van der Waals surface area (Å²) >= 11 is 0. The number of nitro benzene ring substituents is 1. The number of anilines is 1. The maximum atomic E-state index is 12.8. The summed E-state index contributed by atoms with van der Waals surface area (Å²) in [6.07, 6.45) is 4.31. The SMILES string of the molecule is CC(C)CC(NCc1ccc(NCC2CN(C(=O)OC(C)(C)C)C2)c([N+](=O)[O-])c1)C(=O)OC1CCCC1. The lowest BCUT2D eigenvalue weighted by Crippen LogP contribution is -2.53. The molecule has 1 aliphatic carbocycles. The first-order valence-electron chi connectivity index (χ1n) is 13.3. The van der Waals surface area contributed by atoms with Gasteiger partial charge >= 0.3 is 12.1 Å². The molecule has 1 aromatic carbocycles. The van der Waals surface area contributed by atoms with Gasteiger partial charge in [0.2, 0.25) is 0 Å². The van der Waals surface area contributed by atoms with Crippen molar-refractivity contribution in [1.29, 1.82) is 0 Å². The molecule has 37 heavy (non-hydrogen) atoms. The average Bonchev–Trinajstić information content (AvgIpc) is 3.27. The number of ether oxygens (including phenoxy) is 2. The normalized spacial score (nSPS) is 17.4. The van der Waals surface area contributed by atoms with Crippen LogP contribution >= 0.6 is 0 Å². The number of carbonyl (C=O) groups is 2. The van der Waals surface area contributed by atoms with E-state index in [-0.39, 0.29) is 29.8 Å². The molecule has 206 valence electrons. The van der Waals surface area contributed by atoms with E-state index in [4.69, 9.17) is 9.47 Å². The van der Waals surface area contributed by atoms with Crippen LogP contribution in [0.25, 0.3) is 0 Å². The molecule has 1 saturated carbocycles. The number of rotatable bonds is 11. The number of likely N-dealkylation sites (tertiary alicyclic amines) is 1. The molecular formula is C27H42N4O6. The standard InChI is InChI=1S/C27H42N4O6/c1-18(2)12-23(25(32)36-21-8-6-7-9-21)29-14-19-10-11-22(24(13-19)31(34)35)28-15-20-16-30(17-20)26(33)37-27(3,4)5/h10-11,13,18,20-21,23,28-29H,6-9,12,14-17H2,1-5H3. The van der Waals surface area contributed by atoms with E-state index in [1.807, 2.05) is 26.8 Å². The summed E-state index contributed by atoms with van der Waals surface area (Å²) in [6.45, 7) is 11.5. The third-order valence-corrected chi connectivity index (χ3v) is 6.58. The third-order valence-electron chi connectivity index (χ3n) is 6.58. The number of carbonyl (C=O) groups excluding carboxylic acids is 2. The highest BCUT2D eigenvalue weighted by atomic mass is 16.6. The molecule has 2 N–H and O–H groups in total. The van der Waals surface area contributed by atoms with E-state index < -0.39 is 16.6 Å². The highest BCUT2D eigenvalue weighted by molar-refractivity contribution is 5.76. The molecule has 2 aliphatic rings. The minimum Gasteiger partial charge on any atom is -0.461 e. The van der Waals surface area contributed by atoms with Crippen molar-refractivity contribution in [2.24, 2.45) is 11.8 Å². The van der Waals surface area contributed by atoms with Gasteiger partial charge in [-0.3, -0.25) is 14.9 Å². The summed E-state index contributed by atoms with van der Waals surface area (Å²) < 4.78 is 11.1. The van der Waals surface area contributed by atoms with Crippen LogP contribution in [0.5, 0.6) is 0 Å². The molecule has 3 rings (SSSR count). The van der Waals surface area contributed by atoms with Crippen molar-refractivity contribution < 1.29 is 24.0 Å². The van der Waals surface area contributed by atoms with Gasteiger partial charge in [0.15, 0.2) is 0 Å². The van der Waals surface area contributed by atoms with E-state index in [1.165, 1.54) is 6.07 Å². The molecule has 10 heteroatoms. The van der Waals surface area contributed by atoms with Crippen molar-refractivity contribution in [3.05, 3.63) is 33.9 Å². The Hall–Kier alpha value is -2.88. The van der Waals surface area contributed by atoms with E-state index in [0.29, 0.717) is 44.2 Å². The lowest BCUT2D eigenvalue weighted by molar-refractivity contribution is -0.384. The lowest BCUT2D eigenvalue weighted by Gasteiger charge is -2.39. The second-order valence-corrected chi connectivity index (χ2v) is 11.6. The van der Waals surface area contributed by atoms with Gasteiger partial charge in [0.1, 0.15) is 23.4 Å². The molecule has 2 fully saturated rings. The average molecular weight is 519 g/mol. The summed E-state index contributed by atoms with van der Waals surface area (Å²) in [5.74, 6) is 0.248. The monoisotopic (exact) mass is 518 g/mol. The number of nitrogens with one attached hydrogen (secondary N) is 2. The maximum Gasteiger partial charge on any atom is 0.410 e. The Kier molecular flexibility index (Phi) is 9.75. The molecule has 1 heterocycles. The Balaban J connectivity index is 1.54. The number of nitrogens with zero attached hydrogens (tertiary/aromatic N) is 2. The Labute approximate surface area is 219 Å². The molecule has 1 saturated heterocycles. The van der Waals surface area contributed by atoms with Gasteiger partial charge in [0.25, 0.3) is 5.69 Å². The summed E-state index contributed by atoms with van der Waals surface area (Å²) in [4.78, 5) is 37.9. The molecular weight excluding hydrogens is 476 g/mol. The topological polar surface area (TPSA) is 123 Å². The van der Waals surface area contributed by atoms with E-state index in [9.17, 15) is 19.7 Å². The number of amides is 1. The lowest BCUT2D eigenvalue weighted by atomic mass is 10.0. The third kappa shape index (κ3) is 8.87. The van der Waals surface area contributed by atoms with Crippen LogP contribution in [0.15, 0.2) is 18.2 Å². The van der Waals surface area contributed by atoms with Crippen molar-refractivity contribution in [2.75, 3.05) is 25.0 Å². The van der Waals surface area contributed by atoms with E-state index in [1.54, 1.807) is 11.0 Å². The number of nitro groups is 1. The van der Waals surface area contributed by atoms with Gasteiger partial charge in [-0.1, -0.05) is 19.9 Å². The summed E-state index contributed by atoms with van der Waals surface area (Å²) in [6, 6.07) is 4.61. The largest absolute Gasteiger partial charge is 0.461 e.